The average molecular weight is 339 g/mol. The molecular formula is C24H21NO. The molecule has 0 saturated heterocycles. The summed E-state index contributed by atoms with van der Waals surface area (Å²) in [5.74, 6) is 5.69. The first-order valence-electron chi connectivity index (χ1n) is 8.67. The molecule has 1 atom stereocenters. The summed E-state index contributed by atoms with van der Waals surface area (Å²) >= 11 is 0. The van der Waals surface area contributed by atoms with Gasteiger partial charge in [-0.25, -0.2) is 0 Å². The van der Waals surface area contributed by atoms with E-state index < -0.39 is 5.92 Å². The molecule has 0 aliphatic carbocycles. The molecule has 0 spiro atoms. The number of amides is 1. The Morgan fingerprint density at radius 1 is 0.885 bits per heavy atom. The Balaban J connectivity index is 1.81. The van der Waals surface area contributed by atoms with E-state index in [2.05, 4.69) is 17.2 Å². The summed E-state index contributed by atoms with van der Waals surface area (Å²) in [7, 11) is 0. The number of carbonyl (C=O) groups excluding carboxylic acids is 1. The van der Waals surface area contributed by atoms with Crippen molar-refractivity contribution in [1.29, 1.82) is 0 Å². The van der Waals surface area contributed by atoms with Crippen LogP contribution in [0.5, 0.6) is 0 Å². The highest BCUT2D eigenvalue weighted by atomic mass is 16.1. The van der Waals surface area contributed by atoms with Gasteiger partial charge in [-0.15, -0.1) is 0 Å². The highest BCUT2D eigenvalue weighted by Crippen LogP contribution is 2.17. The zero-order valence-corrected chi connectivity index (χ0v) is 14.8. The Morgan fingerprint density at radius 3 is 2.15 bits per heavy atom. The number of benzene rings is 3. The number of hydrogen-bond acceptors (Lipinski definition) is 1. The van der Waals surface area contributed by atoms with E-state index in [1.807, 2.05) is 91.9 Å². The minimum Gasteiger partial charge on any atom is -0.351 e. The van der Waals surface area contributed by atoms with Crippen LogP contribution in [0.4, 0.5) is 0 Å². The number of carbonyl (C=O) groups is 1. The highest BCUT2D eigenvalue weighted by Gasteiger charge is 2.18. The molecular weight excluding hydrogens is 318 g/mol. The fraction of sp³-hybridized carbons (Fsp3) is 0.125. The van der Waals surface area contributed by atoms with Crippen molar-refractivity contribution in [3.63, 3.8) is 0 Å². The number of aryl methyl sites for hydroxylation is 1. The van der Waals surface area contributed by atoms with Crippen molar-refractivity contribution in [2.45, 2.75) is 19.4 Å². The number of hydrogen-bond donors (Lipinski definition) is 1. The molecule has 128 valence electrons. The molecule has 3 aromatic carbocycles. The monoisotopic (exact) mass is 339 g/mol. The summed E-state index contributed by atoms with van der Waals surface area (Å²) in [6.45, 7) is 2.53. The second kappa shape index (κ2) is 8.69. The van der Waals surface area contributed by atoms with Gasteiger partial charge in [-0.3, -0.25) is 4.79 Å². The smallest absolute Gasteiger partial charge is 0.239 e. The second-order valence-corrected chi connectivity index (χ2v) is 6.18. The lowest BCUT2D eigenvalue weighted by atomic mass is 9.97. The molecule has 0 aliphatic rings. The van der Waals surface area contributed by atoms with E-state index in [4.69, 9.17) is 0 Å². The zero-order valence-electron chi connectivity index (χ0n) is 14.8. The molecule has 3 aromatic rings. The van der Waals surface area contributed by atoms with Gasteiger partial charge >= 0.3 is 0 Å². The van der Waals surface area contributed by atoms with Gasteiger partial charge in [0.05, 0.1) is 0 Å². The maximum Gasteiger partial charge on any atom is 0.239 e. The Labute approximate surface area is 154 Å². The van der Waals surface area contributed by atoms with Crippen molar-refractivity contribution in [3.8, 4) is 11.8 Å². The Morgan fingerprint density at radius 2 is 1.50 bits per heavy atom. The lowest BCUT2D eigenvalue weighted by Gasteiger charge is -2.12. The van der Waals surface area contributed by atoms with E-state index in [-0.39, 0.29) is 5.91 Å². The molecule has 0 aromatic heterocycles. The molecule has 2 nitrogen and oxygen atoms in total. The zero-order chi connectivity index (χ0) is 18.2. The van der Waals surface area contributed by atoms with Gasteiger partial charge in [0.2, 0.25) is 5.91 Å². The van der Waals surface area contributed by atoms with E-state index in [1.165, 1.54) is 0 Å². The summed E-state index contributed by atoms with van der Waals surface area (Å²) in [6.07, 6.45) is 0. The molecule has 1 unspecified atom stereocenters. The molecule has 0 radical (unpaired) electrons. The van der Waals surface area contributed by atoms with Crippen molar-refractivity contribution >= 4 is 5.91 Å². The predicted molar refractivity (Wildman–Crippen MR) is 106 cm³/mol. The first-order valence-corrected chi connectivity index (χ1v) is 8.67. The second-order valence-electron chi connectivity index (χ2n) is 6.18. The van der Waals surface area contributed by atoms with E-state index in [0.29, 0.717) is 6.54 Å². The predicted octanol–water partition coefficient (Wildman–Crippen LogP) is 4.45. The fourth-order valence-corrected chi connectivity index (χ4v) is 2.62. The number of rotatable bonds is 4. The van der Waals surface area contributed by atoms with Crippen LogP contribution >= 0.6 is 0 Å². The van der Waals surface area contributed by atoms with E-state index >= 15 is 0 Å². The Hall–Kier alpha value is -3.31. The van der Waals surface area contributed by atoms with Crippen LogP contribution in [-0.2, 0) is 11.3 Å². The highest BCUT2D eigenvalue weighted by molar-refractivity contribution is 5.87. The first-order chi connectivity index (χ1) is 12.7. The quantitative estimate of drug-likeness (QED) is 0.699. The number of nitrogens with one attached hydrogen (secondary N) is 1. The minimum atomic E-state index is -0.500. The third-order valence-electron chi connectivity index (χ3n) is 4.12. The van der Waals surface area contributed by atoms with Crippen molar-refractivity contribution < 1.29 is 4.79 Å². The van der Waals surface area contributed by atoms with Crippen molar-refractivity contribution in [2.24, 2.45) is 0 Å². The van der Waals surface area contributed by atoms with Gasteiger partial charge in [0.1, 0.15) is 5.92 Å². The summed E-state index contributed by atoms with van der Waals surface area (Å²) in [6, 6.07) is 27.6. The molecule has 0 fully saturated rings. The van der Waals surface area contributed by atoms with Gasteiger partial charge in [0.25, 0.3) is 0 Å². The summed E-state index contributed by atoms with van der Waals surface area (Å²) in [4.78, 5) is 12.8. The summed E-state index contributed by atoms with van der Waals surface area (Å²) in [5, 5.41) is 3.01. The van der Waals surface area contributed by atoms with Crippen LogP contribution in [0.1, 0.15) is 28.2 Å². The molecule has 1 amide bonds. The molecule has 0 heterocycles. The SMILES string of the molecule is Cc1ccc(C(C#Cc2ccccc2)C(=O)NCc2ccccc2)cc1. The largest absolute Gasteiger partial charge is 0.351 e. The third-order valence-corrected chi connectivity index (χ3v) is 4.12. The van der Waals surface area contributed by atoms with Crippen LogP contribution in [0, 0.1) is 18.8 Å². The Kier molecular flexibility index (Phi) is 5.85. The lowest BCUT2D eigenvalue weighted by molar-refractivity contribution is -0.121. The average Bonchev–Trinajstić information content (AvgIpc) is 2.69. The van der Waals surface area contributed by atoms with Gasteiger partial charge in [-0.1, -0.05) is 90.2 Å². The maximum atomic E-state index is 12.8. The first kappa shape index (κ1) is 17.5. The van der Waals surface area contributed by atoms with Crippen molar-refractivity contribution in [1.82, 2.24) is 5.32 Å². The van der Waals surface area contributed by atoms with Crippen LogP contribution in [0.2, 0.25) is 0 Å². The van der Waals surface area contributed by atoms with Crippen LogP contribution in [0.3, 0.4) is 0 Å². The normalized spacial score (nSPS) is 11.1. The molecule has 3 rings (SSSR count). The molecule has 2 heteroatoms. The molecule has 26 heavy (non-hydrogen) atoms. The summed E-state index contributed by atoms with van der Waals surface area (Å²) < 4.78 is 0. The fourth-order valence-electron chi connectivity index (χ4n) is 2.62. The molecule has 0 aliphatic heterocycles. The van der Waals surface area contributed by atoms with Crippen LogP contribution < -0.4 is 5.32 Å². The van der Waals surface area contributed by atoms with Crippen molar-refractivity contribution in [3.05, 3.63) is 107 Å². The molecule has 0 saturated carbocycles. The van der Waals surface area contributed by atoms with Gasteiger partial charge in [0, 0.05) is 12.1 Å². The van der Waals surface area contributed by atoms with E-state index in [1.54, 1.807) is 0 Å². The maximum absolute atomic E-state index is 12.8. The van der Waals surface area contributed by atoms with Crippen LogP contribution in [0.15, 0.2) is 84.9 Å². The standard InChI is InChI=1S/C24H21NO/c1-19-12-15-22(16-13-19)23(17-14-20-8-4-2-5-9-20)24(26)25-18-21-10-6-3-7-11-21/h2-13,15-16,23H,18H2,1H3,(H,25,26). The van der Waals surface area contributed by atoms with E-state index in [0.717, 1.165) is 22.3 Å². The summed E-state index contributed by atoms with van der Waals surface area (Å²) in [5.41, 5.74) is 4.04. The molecule has 0 bridgehead atoms. The third kappa shape index (κ3) is 4.84. The minimum absolute atomic E-state index is 0.0823. The molecule has 1 N–H and O–H groups in total. The van der Waals surface area contributed by atoms with Gasteiger partial charge < -0.3 is 5.32 Å². The van der Waals surface area contributed by atoms with Crippen LogP contribution in [-0.4, -0.2) is 5.91 Å². The van der Waals surface area contributed by atoms with Crippen molar-refractivity contribution in [2.75, 3.05) is 0 Å². The van der Waals surface area contributed by atoms with Gasteiger partial charge in [-0.05, 0) is 30.2 Å². The van der Waals surface area contributed by atoms with Gasteiger partial charge in [0.15, 0.2) is 0 Å². The topological polar surface area (TPSA) is 29.1 Å². The van der Waals surface area contributed by atoms with Crippen LogP contribution in [0.25, 0.3) is 0 Å². The Bertz CT molecular complexity index is 903. The lowest BCUT2D eigenvalue weighted by Crippen LogP contribution is -2.28. The van der Waals surface area contributed by atoms with Gasteiger partial charge in [-0.2, -0.15) is 0 Å². The van der Waals surface area contributed by atoms with E-state index in [9.17, 15) is 4.79 Å².